The minimum Gasteiger partial charge on any atom is -0.316 e. The van der Waals surface area contributed by atoms with Crippen LogP contribution in [0.1, 0.15) is 29.9 Å². The predicted octanol–water partition coefficient (Wildman–Crippen LogP) is 3.01. The molecular weight excluding hydrogens is 208 g/mol. The molecule has 88 valence electrons. The highest BCUT2D eigenvalue weighted by Gasteiger charge is 2.15. The highest BCUT2D eigenvalue weighted by Crippen LogP contribution is 2.27. The third kappa shape index (κ3) is 2.05. The summed E-state index contributed by atoms with van der Waals surface area (Å²) in [4.78, 5) is 4.28. The van der Waals surface area contributed by atoms with Gasteiger partial charge in [-0.05, 0) is 54.8 Å². The summed E-state index contributed by atoms with van der Waals surface area (Å²) in [5.41, 5.74) is 2.72. The van der Waals surface area contributed by atoms with Crippen LogP contribution in [0.25, 0.3) is 10.8 Å². The Labute approximate surface area is 102 Å². The first-order valence-corrected chi connectivity index (χ1v) is 6.39. The summed E-state index contributed by atoms with van der Waals surface area (Å²) in [5, 5.41) is 6.07. The van der Waals surface area contributed by atoms with Gasteiger partial charge in [-0.25, -0.2) is 0 Å². The van der Waals surface area contributed by atoms with Crippen molar-refractivity contribution >= 4 is 10.8 Å². The molecule has 1 aliphatic heterocycles. The normalized spacial score (nSPS) is 20.6. The number of hydrogen-bond acceptors (Lipinski definition) is 2. The molecular formula is C15H18N2. The van der Waals surface area contributed by atoms with E-state index in [4.69, 9.17) is 0 Å². The van der Waals surface area contributed by atoms with Crippen molar-refractivity contribution in [3.63, 3.8) is 0 Å². The Balaban J connectivity index is 2.01. The van der Waals surface area contributed by atoms with Gasteiger partial charge in [0.2, 0.25) is 0 Å². The van der Waals surface area contributed by atoms with Crippen molar-refractivity contribution in [1.82, 2.24) is 10.3 Å². The van der Waals surface area contributed by atoms with Gasteiger partial charge in [0.15, 0.2) is 0 Å². The Kier molecular flexibility index (Phi) is 2.81. The number of aromatic nitrogens is 1. The largest absolute Gasteiger partial charge is 0.316 e. The predicted molar refractivity (Wildman–Crippen MR) is 71.3 cm³/mol. The molecule has 1 fully saturated rings. The van der Waals surface area contributed by atoms with E-state index in [-0.39, 0.29) is 0 Å². The van der Waals surface area contributed by atoms with Crippen molar-refractivity contribution in [2.45, 2.75) is 25.7 Å². The number of fused-ring (bicyclic) bond motifs is 1. The SMILES string of the molecule is Cc1cncc2cc(C3CCCNC3)ccc12. The van der Waals surface area contributed by atoms with E-state index < -0.39 is 0 Å². The van der Waals surface area contributed by atoms with E-state index >= 15 is 0 Å². The van der Waals surface area contributed by atoms with Crippen LogP contribution in [0.15, 0.2) is 30.6 Å². The van der Waals surface area contributed by atoms with E-state index in [2.05, 4.69) is 35.4 Å². The summed E-state index contributed by atoms with van der Waals surface area (Å²) in [7, 11) is 0. The van der Waals surface area contributed by atoms with Crippen LogP contribution in [0, 0.1) is 6.92 Å². The van der Waals surface area contributed by atoms with Crippen LogP contribution >= 0.6 is 0 Å². The summed E-state index contributed by atoms with van der Waals surface area (Å²) >= 11 is 0. The molecule has 0 spiro atoms. The molecule has 2 nitrogen and oxygen atoms in total. The molecule has 1 atom stereocenters. The molecule has 1 aromatic carbocycles. The van der Waals surface area contributed by atoms with Gasteiger partial charge in [0.05, 0.1) is 0 Å². The minimum atomic E-state index is 0.675. The van der Waals surface area contributed by atoms with Crippen LogP contribution in [0.2, 0.25) is 0 Å². The van der Waals surface area contributed by atoms with Crippen LogP contribution in [-0.4, -0.2) is 18.1 Å². The average Bonchev–Trinajstić information content (AvgIpc) is 2.40. The Morgan fingerprint density at radius 3 is 3.06 bits per heavy atom. The number of rotatable bonds is 1. The first-order valence-electron chi connectivity index (χ1n) is 6.39. The molecule has 1 N–H and O–H groups in total. The Morgan fingerprint density at radius 1 is 1.29 bits per heavy atom. The van der Waals surface area contributed by atoms with Gasteiger partial charge in [-0.15, -0.1) is 0 Å². The zero-order valence-electron chi connectivity index (χ0n) is 10.2. The zero-order chi connectivity index (χ0) is 11.7. The topological polar surface area (TPSA) is 24.9 Å². The Bertz CT molecular complexity index is 527. The maximum absolute atomic E-state index is 4.28. The summed E-state index contributed by atoms with van der Waals surface area (Å²) in [6.45, 7) is 4.41. The fraction of sp³-hybridized carbons (Fsp3) is 0.400. The molecule has 0 amide bonds. The lowest BCUT2D eigenvalue weighted by atomic mass is 9.90. The lowest BCUT2D eigenvalue weighted by Gasteiger charge is -2.23. The average molecular weight is 226 g/mol. The van der Waals surface area contributed by atoms with Crippen LogP contribution in [-0.2, 0) is 0 Å². The first-order chi connectivity index (χ1) is 8.34. The fourth-order valence-corrected chi connectivity index (χ4v) is 2.74. The molecule has 1 aromatic heterocycles. The second kappa shape index (κ2) is 4.46. The van der Waals surface area contributed by atoms with Crippen molar-refractivity contribution in [2.24, 2.45) is 0 Å². The van der Waals surface area contributed by atoms with Gasteiger partial charge in [-0.3, -0.25) is 4.98 Å². The van der Waals surface area contributed by atoms with E-state index in [1.807, 2.05) is 12.4 Å². The lowest BCUT2D eigenvalue weighted by molar-refractivity contribution is 0.462. The van der Waals surface area contributed by atoms with E-state index in [0.717, 1.165) is 6.54 Å². The van der Waals surface area contributed by atoms with Crippen molar-refractivity contribution in [3.8, 4) is 0 Å². The van der Waals surface area contributed by atoms with E-state index in [0.29, 0.717) is 5.92 Å². The Hall–Kier alpha value is -1.41. The molecule has 2 heterocycles. The molecule has 2 heteroatoms. The second-order valence-corrected chi connectivity index (χ2v) is 4.98. The summed E-state index contributed by atoms with van der Waals surface area (Å²) in [6, 6.07) is 6.84. The molecule has 1 saturated heterocycles. The monoisotopic (exact) mass is 226 g/mol. The highest BCUT2D eigenvalue weighted by molar-refractivity contribution is 5.85. The second-order valence-electron chi connectivity index (χ2n) is 4.98. The van der Waals surface area contributed by atoms with Crippen molar-refractivity contribution in [2.75, 3.05) is 13.1 Å². The van der Waals surface area contributed by atoms with Crippen LogP contribution in [0.5, 0.6) is 0 Å². The van der Waals surface area contributed by atoms with Crippen LogP contribution in [0.3, 0.4) is 0 Å². The maximum atomic E-state index is 4.28. The summed E-state index contributed by atoms with van der Waals surface area (Å²) in [5.74, 6) is 0.675. The number of benzene rings is 1. The smallest absolute Gasteiger partial charge is 0.0346 e. The molecule has 0 radical (unpaired) electrons. The number of nitrogens with one attached hydrogen (secondary N) is 1. The summed E-state index contributed by atoms with van der Waals surface area (Å²) in [6.07, 6.45) is 6.50. The first kappa shape index (κ1) is 10.7. The Morgan fingerprint density at radius 2 is 2.24 bits per heavy atom. The van der Waals surface area contributed by atoms with E-state index in [1.54, 1.807) is 0 Å². The van der Waals surface area contributed by atoms with E-state index in [9.17, 15) is 0 Å². The number of aryl methyl sites for hydroxylation is 1. The molecule has 1 unspecified atom stereocenters. The lowest BCUT2D eigenvalue weighted by Crippen LogP contribution is -2.28. The third-order valence-corrected chi connectivity index (χ3v) is 3.75. The van der Waals surface area contributed by atoms with Gasteiger partial charge in [-0.1, -0.05) is 12.1 Å². The minimum absolute atomic E-state index is 0.675. The van der Waals surface area contributed by atoms with Gasteiger partial charge in [0.1, 0.15) is 0 Å². The number of nitrogens with zero attached hydrogens (tertiary/aromatic N) is 1. The fourth-order valence-electron chi connectivity index (χ4n) is 2.74. The third-order valence-electron chi connectivity index (χ3n) is 3.75. The van der Waals surface area contributed by atoms with Crippen LogP contribution < -0.4 is 5.32 Å². The summed E-state index contributed by atoms with van der Waals surface area (Å²) < 4.78 is 0. The number of hydrogen-bond donors (Lipinski definition) is 1. The molecule has 2 aromatic rings. The van der Waals surface area contributed by atoms with Crippen molar-refractivity contribution in [3.05, 3.63) is 41.7 Å². The molecule has 0 saturated carbocycles. The number of piperidine rings is 1. The van der Waals surface area contributed by atoms with E-state index in [1.165, 1.54) is 41.3 Å². The molecule has 3 rings (SSSR count). The number of pyridine rings is 1. The maximum Gasteiger partial charge on any atom is 0.0346 e. The standard InChI is InChI=1S/C15H18N2/c1-11-8-17-10-14-7-12(4-5-15(11)14)13-3-2-6-16-9-13/h4-5,7-8,10,13,16H,2-3,6,9H2,1H3. The van der Waals surface area contributed by atoms with Crippen molar-refractivity contribution < 1.29 is 0 Å². The molecule has 1 aliphatic rings. The van der Waals surface area contributed by atoms with Gasteiger partial charge in [0.25, 0.3) is 0 Å². The van der Waals surface area contributed by atoms with Gasteiger partial charge >= 0.3 is 0 Å². The van der Waals surface area contributed by atoms with Gasteiger partial charge in [-0.2, -0.15) is 0 Å². The quantitative estimate of drug-likeness (QED) is 0.808. The van der Waals surface area contributed by atoms with Crippen LogP contribution in [0.4, 0.5) is 0 Å². The van der Waals surface area contributed by atoms with Gasteiger partial charge in [0, 0.05) is 24.3 Å². The zero-order valence-corrected chi connectivity index (χ0v) is 10.2. The molecule has 0 bridgehead atoms. The van der Waals surface area contributed by atoms with Crippen molar-refractivity contribution in [1.29, 1.82) is 0 Å². The highest BCUT2D eigenvalue weighted by atomic mass is 14.9. The van der Waals surface area contributed by atoms with Gasteiger partial charge < -0.3 is 5.32 Å². The molecule has 17 heavy (non-hydrogen) atoms. The molecule has 0 aliphatic carbocycles.